The molecule has 5 heteroatoms. The maximum absolute atomic E-state index is 11.9. The fraction of sp³-hybridized carbons (Fsp3) is 0.833. The minimum Gasteiger partial charge on any atom is -0.464 e. The lowest BCUT2D eigenvalue weighted by Gasteiger charge is -2.23. The molecule has 0 aromatic carbocycles. The van der Waals surface area contributed by atoms with Crippen LogP contribution in [0.3, 0.4) is 0 Å². The molecule has 1 amide bonds. The van der Waals surface area contributed by atoms with Crippen molar-refractivity contribution in [1.29, 1.82) is 0 Å². The number of alkyl halides is 1. The third kappa shape index (κ3) is 4.19. The summed E-state index contributed by atoms with van der Waals surface area (Å²) < 4.78 is 4.98. The summed E-state index contributed by atoms with van der Waals surface area (Å²) in [5.41, 5.74) is 0. The highest BCUT2D eigenvalue weighted by Crippen LogP contribution is 2.20. The van der Waals surface area contributed by atoms with E-state index < -0.39 is 0 Å². The van der Waals surface area contributed by atoms with E-state index in [4.69, 9.17) is 16.3 Å². The quantitative estimate of drug-likeness (QED) is 0.417. The largest absolute Gasteiger partial charge is 0.464 e. The van der Waals surface area contributed by atoms with Gasteiger partial charge in [-0.05, 0) is 32.6 Å². The van der Waals surface area contributed by atoms with Crippen molar-refractivity contribution in [3.8, 4) is 0 Å². The lowest BCUT2D eigenvalue weighted by atomic mass is 10.2. The first-order chi connectivity index (χ1) is 8.20. The van der Waals surface area contributed by atoms with Crippen molar-refractivity contribution in [3.05, 3.63) is 0 Å². The second-order valence-corrected chi connectivity index (χ2v) is 4.52. The summed E-state index contributed by atoms with van der Waals surface area (Å²) in [6.07, 6.45) is 3.70. The molecule has 0 radical (unpaired) electrons. The normalized spacial score (nSPS) is 19.4. The minimum absolute atomic E-state index is 0.0469. The van der Waals surface area contributed by atoms with E-state index in [0.29, 0.717) is 25.5 Å². The number of unbranched alkanes of at least 4 members (excludes halogenated alkanes) is 1. The molecule has 0 aliphatic carbocycles. The van der Waals surface area contributed by atoms with Crippen molar-refractivity contribution in [3.63, 3.8) is 0 Å². The van der Waals surface area contributed by atoms with Crippen LogP contribution in [0.15, 0.2) is 0 Å². The average molecular weight is 262 g/mol. The number of halogens is 1. The molecule has 1 aliphatic heterocycles. The molecule has 0 aromatic heterocycles. The number of carbonyl (C=O) groups excluding carboxylic acids is 2. The first-order valence-corrected chi connectivity index (χ1v) is 6.76. The van der Waals surface area contributed by atoms with E-state index in [0.717, 1.165) is 25.7 Å². The second kappa shape index (κ2) is 7.54. The predicted octanol–water partition coefficient (Wildman–Crippen LogP) is 1.95. The monoisotopic (exact) mass is 261 g/mol. The van der Waals surface area contributed by atoms with Crippen LogP contribution in [0.4, 0.5) is 0 Å². The zero-order valence-electron chi connectivity index (χ0n) is 10.3. The summed E-state index contributed by atoms with van der Waals surface area (Å²) in [4.78, 5) is 25.2. The molecule has 0 aromatic rings. The molecule has 1 fully saturated rings. The molecule has 1 heterocycles. The van der Waals surface area contributed by atoms with Gasteiger partial charge in [0.1, 0.15) is 6.04 Å². The number of likely N-dealkylation sites (tertiary alicyclic amines) is 1. The van der Waals surface area contributed by atoms with Gasteiger partial charge in [0.05, 0.1) is 6.61 Å². The van der Waals surface area contributed by atoms with Crippen molar-refractivity contribution in [2.24, 2.45) is 0 Å². The van der Waals surface area contributed by atoms with Crippen LogP contribution in [0.25, 0.3) is 0 Å². The Balaban J connectivity index is 2.44. The van der Waals surface area contributed by atoms with Crippen LogP contribution >= 0.6 is 11.6 Å². The molecule has 0 spiro atoms. The maximum atomic E-state index is 11.9. The Morgan fingerprint density at radius 3 is 2.82 bits per heavy atom. The molecule has 1 saturated heterocycles. The maximum Gasteiger partial charge on any atom is 0.328 e. The number of amides is 1. The van der Waals surface area contributed by atoms with Gasteiger partial charge in [-0.25, -0.2) is 4.79 Å². The molecule has 0 saturated carbocycles. The summed E-state index contributed by atoms with van der Waals surface area (Å²) in [6, 6.07) is -0.363. The Morgan fingerprint density at radius 1 is 1.41 bits per heavy atom. The SMILES string of the molecule is CCOC(=O)C1CCCN1C(=O)CCCCCl. The summed E-state index contributed by atoms with van der Waals surface area (Å²) >= 11 is 5.57. The van der Waals surface area contributed by atoms with Gasteiger partial charge in [-0.1, -0.05) is 0 Å². The number of hydrogen-bond donors (Lipinski definition) is 0. The number of hydrogen-bond acceptors (Lipinski definition) is 3. The summed E-state index contributed by atoms with van der Waals surface area (Å²) in [7, 11) is 0. The minimum atomic E-state index is -0.363. The van der Waals surface area contributed by atoms with Crippen LogP contribution in [-0.4, -0.2) is 41.8 Å². The van der Waals surface area contributed by atoms with Gasteiger partial charge in [0.2, 0.25) is 5.91 Å². The molecule has 1 atom stereocenters. The van der Waals surface area contributed by atoms with Crippen molar-refractivity contribution in [1.82, 2.24) is 4.90 Å². The molecule has 98 valence electrons. The lowest BCUT2D eigenvalue weighted by Crippen LogP contribution is -2.41. The molecule has 17 heavy (non-hydrogen) atoms. The van der Waals surface area contributed by atoms with E-state index >= 15 is 0 Å². The van der Waals surface area contributed by atoms with Crippen LogP contribution in [-0.2, 0) is 14.3 Å². The van der Waals surface area contributed by atoms with Crippen LogP contribution in [0.1, 0.15) is 39.0 Å². The van der Waals surface area contributed by atoms with E-state index in [1.165, 1.54) is 0 Å². The highest BCUT2D eigenvalue weighted by atomic mass is 35.5. The van der Waals surface area contributed by atoms with E-state index in [1.807, 2.05) is 0 Å². The van der Waals surface area contributed by atoms with E-state index in [1.54, 1.807) is 11.8 Å². The Labute approximate surface area is 107 Å². The van der Waals surface area contributed by atoms with Gasteiger partial charge < -0.3 is 9.64 Å². The number of carbonyl (C=O) groups is 2. The van der Waals surface area contributed by atoms with E-state index in [2.05, 4.69) is 0 Å². The Bertz CT molecular complexity index is 270. The smallest absolute Gasteiger partial charge is 0.328 e. The Kier molecular flexibility index (Phi) is 6.34. The van der Waals surface area contributed by atoms with Crippen molar-refractivity contribution in [2.45, 2.75) is 45.1 Å². The third-order valence-electron chi connectivity index (χ3n) is 2.91. The Hall–Kier alpha value is -0.770. The number of rotatable bonds is 6. The number of nitrogens with zero attached hydrogens (tertiary/aromatic N) is 1. The zero-order chi connectivity index (χ0) is 12.7. The molecule has 4 nitrogen and oxygen atoms in total. The average Bonchev–Trinajstić information content (AvgIpc) is 2.78. The molecular weight excluding hydrogens is 242 g/mol. The second-order valence-electron chi connectivity index (χ2n) is 4.14. The third-order valence-corrected chi connectivity index (χ3v) is 3.17. The van der Waals surface area contributed by atoms with Gasteiger partial charge in [0.25, 0.3) is 0 Å². The van der Waals surface area contributed by atoms with Crippen molar-refractivity contribution < 1.29 is 14.3 Å². The van der Waals surface area contributed by atoms with Gasteiger partial charge in [-0.2, -0.15) is 0 Å². The first kappa shape index (κ1) is 14.3. The molecule has 1 unspecified atom stereocenters. The van der Waals surface area contributed by atoms with Crippen molar-refractivity contribution >= 4 is 23.5 Å². The molecule has 0 N–H and O–H groups in total. The summed E-state index contributed by atoms with van der Waals surface area (Å²) in [5, 5.41) is 0. The predicted molar refractivity (Wildman–Crippen MR) is 65.9 cm³/mol. The zero-order valence-corrected chi connectivity index (χ0v) is 11.0. The highest BCUT2D eigenvalue weighted by Gasteiger charge is 2.34. The van der Waals surface area contributed by atoms with Crippen molar-refractivity contribution in [2.75, 3.05) is 19.0 Å². The molecular formula is C12H20ClNO3. The molecule has 1 rings (SSSR count). The topological polar surface area (TPSA) is 46.6 Å². The van der Waals surface area contributed by atoms with Gasteiger partial charge in [0.15, 0.2) is 0 Å². The molecule has 1 aliphatic rings. The summed E-state index contributed by atoms with van der Waals surface area (Å²) in [6.45, 7) is 2.81. The first-order valence-electron chi connectivity index (χ1n) is 6.22. The van der Waals surface area contributed by atoms with Crippen LogP contribution in [0.5, 0.6) is 0 Å². The van der Waals surface area contributed by atoms with Crippen LogP contribution in [0.2, 0.25) is 0 Å². The fourth-order valence-electron chi connectivity index (χ4n) is 2.06. The summed E-state index contributed by atoms with van der Waals surface area (Å²) in [5.74, 6) is 0.357. The van der Waals surface area contributed by atoms with Crippen LogP contribution in [0, 0.1) is 0 Å². The molecule has 0 bridgehead atoms. The highest BCUT2D eigenvalue weighted by molar-refractivity contribution is 6.17. The lowest BCUT2D eigenvalue weighted by molar-refractivity contribution is -0.153. The number of ether oxygens (including phenoxy) is 1. The van der Waals surface area contributed by atoms with Gasteiger partial charge >= 0.3 is 5.97 Å². The number of esters is 1. The van der Waals surface area contributed by atoms with Gasteiger partial charge in [0, 0.05) is 18.8 Å². The van der Waals surface area contributed by atoms with E-state index in [9.17, 15) is 9.59 Å². The van der Waals surface area contributed by atoms with Crippen LogP contribution < -0.4 is 0 Å². The van der Waals surface area contributed by atoms with Gasteiger partial charge in [-0.3, -0.25) is 4.79 Å². The standard InChI is InChI=1S/C12H20ClNO3/c1-2-17-12(16)10-6-5-9-14(10)11(15)7-3-4-8-13/h10H,2-9H2,1H3. The fourth-order valence-corrected chi connectivity index (χ4v) is 2.25. The Morgan fingerprint density at radius 2 is 2.18 bits per heavy atom. The van der Waals surface area contributed by atoms with E-state index in [-0.39, 0.29) is 17.9 Å². The van der Waals surface area contributed by atoms with Gasteiger partial charge in [-0.15, -0.1) is 11.6 Å².